The Hall–Kier alpha value is -0.380. The molecule has 120 valence electrons. The van der Waals surface area contributed by atoms with Gasteiger partial charge in [-0.3, -0.25) is 0 Å². The van der Waals surface area contributed by atoms with Crippen LogP contribution in [0.15, 0.2) is 50.5 Å². The van der Waals surface area contributed by atoms with Gasteiger partial charge in [-0.1, -0.05) is 30.3 Å². The maximum Gasteiger partial charge on any atom is 0.250 e. The van der Waals surface area contributed by atoms with E-state index in [-0.39, 0.29) is 22.6 Å². The van der Waals surface area contributed by atoms with Crippen molar-refractivity contribution in [2.45, 2.75) is 15.2 Å². The molecule has 0 spiro atoms. The zero-order valence-electron chi connectivity index (χ0n) is 11.6. The lowest BCUT2D eigenvalue weighted by Gasteiger charge is -2.14. The lowest BCUT2D eigenvalue weighted by molar-refractivity contribution is 0.294. The summed E-state index contributed by atoms with van der Waals surface area (Å²) < 4.78 is 27.8. The van der Waals surface area contributed by atoms with Crippen LogP contribution < -0.4 is 4.72 Å². The van der Waals surface area contributed by atoms with Crippen molar-refractivity contribution in [3.63, 3.8) is 0 Å². The molecule has 0 aliphatic carbocycles. The molecule has 0 saturated heterocycles. The number of halogens is 1. The van der Waals surface area contributed by atoms with Crippen molar-refractivity contribution in [3.8, 4) is 0 Å². The van der Waals surface area contributed by atoms with Gasteiger partial charge in [0.05, 0.1) is 10.4 Å². The molecule has 0 bridgehead atoms. The largest absolute Gasteiger partial charge is 0.395 e. The lowest BCUT2D eigenvalue weighted by atomic mass is 10.2. The fraction of sp³-hybridized carbons (Fsp3) is 0.286. The second-order valence-corrected chi connectivity index (χ2v) is 10.3. The van der Waals surface area contributed by atoms with E-state index in [4.69, 9.17) is 0 Å². The lowest BCUT2D eigenvalue weighted by Crippen LogP contribution is -2.32. The zero-order chi connectivity index (χ0) is 16.0. The Labute approximate surface area is 147 Å². The van der Waals surface area contributed by atoms with Crippen molar-refractivity contribution in [3.05, 3.63) is 51.8 Å². The Morgan fingerprint density at radius 3 is 2.55 bits per heavy atom. The summed E-state index contributed by atoms with van der Waals surface area (Å²) in [6, 6.07) is 13.1. The molecule has 0 saturated carbocycles. The Kier molecular flexibility index (Phi) is 6.91. The van der Waals surface area contributed by atoms with Crippen molar-refractivity contribution in [1.29, 1.82) is 0 Å². The van der Waals surface area contributed by atoms with Gasteiger partial charge in [0.15, 0.2) is 0 Å². The Bertz CT molecular complexity index is 688. The van der Waals surface area contributed by atoms with Crippen LogP contribution in [-0.4, -0.2) is 31.9 Å². The third-order valence-corrected chi connectivity index (χ3v) is 7.67. The van der Waals surface area contributed by atoms with Gasteiger partial charge >= 0.3 is 0 Å². The summed E-state index contributed by atoms with van der Waals surface area (Å²) in [6.07, 6.45) is 0. The van der Waals surface area contributed by atoms with Gasteiger partial charge in [0.25, 0.3) is 0 Å². The third kappa shape index (κ3) is 5.36. The van der Waals surface area contributed by atoms with Gasteiger partial charge in [-0.15, -0.1) is 11.3 Å². The van der Waals surface area contributed by atoms with Crippen molar-refractivity contribution in [1.82, 2.24) is 4.72 Å². The van der Waals surface area contributed by atoms with E-state index in [0.29, 0.717) is 0 Å². The average molecular weight is 422 g/mol. The number of sulfonamides is 1. The molecular weight excluding hydrogens is 406 g/mol. The number of aliphatic hydroxyl groups is 1. The molecule has 22 heavy (non-hydrogen) atoms. The van der Waals surface area contributed by atoms with Crippen LogP contribution in [0.1, 0.15) is 5.56 Å². The molecular formula is C14H16BrNO3S3. The van der Waals surface area contributed by atoms with Gasteiger partial charge in [0, 0.05) is 17.5 Å². The number of thioether (sulfide) groups is 1. The highest BCUT2D eigenvalue weighted by molar-refractivity contribution is 9.11. The summed E-state index contributed by atoms with van der Waals surface area (Å²) in [7, 11) is -3.51. The summed E-state index contributed by atoms with van der Waals surface area (Å²) in [5.41, 5.74) is 1.15. The van der Waals surface area contributed by atoms with Crippen molar-refractivity contribution < 1.29 is 13.5 Å². The van der Waals surface area contributed by atoms with Crippen molar-refractivity contribution in [2.75, 3.05) is 13.2 Å². The van der Waals surface area contributed by atoms with E-state index in [1.54, 1.807) is 12.1 Å². The highest BCUT2D eigenvalue weighted by Crippen LogP contribution is 2.26. The van der Waals surface area contributed by atoms with Crippen molar-refractivity contribution in [2.24, 2.45) is 0 Å². The Morgan fingerprint density at radius 2 is 1.95 bits per heavy atom. The second kappa shape index (κ2) is 8.47. The number of thiophene rings is 1. The Balaban J connectivity index is 1.88. The minimum Gasteiger partial charge on any atom is -0.395 e. The summed E-state index contributed by atoms with van der Waals surface area (Å²) in [5.74, 6) is 0.734. The first-order valence-corrected chi connectivity index (χ1v) is 10.7. The predicted octanol–water partition coefficient (Wildman–Crippen LogP) is 3.08. The molecule has 8 heteroatoms. The number of hydrogen-bond acceptors (Lipinski definition) is 5. The normalized spacial score (nSPS) is 13.2. The van der Waals surface area contributed by atoms with E-state index in [9.17, 15) is 13.5 Å². The zero-order valence-corrected chi connectivity index (χ0v) is 15.6. The quantitative estimate of drug-likeness (QED) is 0.686. The summed E-state index contributed by atoms with van der Waals surface area (Å²) >= 11 is 5.95. The van der Waals surface area contributed by atoms with E-state index in [1.165, 1.54) is 11.8 Å². The van der Waals surface area contributed by atoms with Crippen LogP contribution in [0, 0.1) is 0 Å². The molecule has 0 fully saturated rings. The van der Waals surface area contributed by atoms with Crippen LogP contribution in [-0.2, 0) is 15.8 Å². The van der Waals surface area contributed by atoms with Crippen LogP contribution in [0.3, 0.4) is 0 Å². The average Bonchev–Trinajstić information content (AvgIpc) is 2.96. The number of hydrogen-bond donors (Lipinski definition) is 2. The first-order chi connectivity index (χ1) is 10.5. The topological polar surface area (TPSA) is 66.4 Å². The van der Waals surface area contributed by atoms with Gasteiger partial charge in [-0.05, 0) is 33.6 Å². The fourth-order valence-corrected chi connectivity index (χ4v) is 5.85. The van der Waals surface area contributed by atoms with Crippen LogP contribution in [0.2, 0.25) is 0 Å². The molecule has 2 aromatic rings. The standard InChI is InChI=1S/C14H16BrNO3S3/c15-13-6-7-14(21-13)22(18,19)16-8-12(9-17)20-10-11-4-2-1-3-5-11/h1-7,12,16-17H,8-10H2/t12-/m1/s1. The summed E-state index contributed by atoms with van der Waals surface area (Å²) in [6.45, 7) is 0.125. The molecule has 2 N–H and O–H groups in total. The van der Waals surface area contributed by atoms with E-state index >= 15 is 0 Å². The second-order valence-electron chi connectivity index (χ2n) is 4.51. The molecule has 0 aliphatic rings. The molecule has 0 radical (unpaired) electrons. The molecule has 1 atom stereocenters. The molecule has 2 rings (SSSR count). The number of rotatable bonds is 8. The van der Waals surface area contributed by atoms with E-state index in [2.05, 4.69) is 20.7 Å². The smallest absolute Gasteiger partial charge is 0.250 e. The molecule has 0 amide bonds. The Morgan fingerprint density at radius 1 is 1.23 bits per heavy atom. The van der Waals surface area contributed by atoms with E-state index < -0.39 is 10.0 Å². The van der Waals surface area contributed by atoms with Gasteiger partial charge in [0.2, 0.25) is 10.0 Å². The van der Waals surface area contributed by atoms with Gasteiger partial charge in [-0.2, -0.15) is 11.8 Å². The maximum atomic E-state index is 12.1. The highest BCUT2D eigenvalue weighted by atomic mass is 79.9. The van der Waals surface area contributed by atoms with E-state index in [1.807, 2.05) is 30.3 Å². The minimum atomic E-state index is -3.51. The minimum absolute atomic E-state index is 0.0752. The van der Waals surface area contributed by atoms with Gasteiger partial charge in [0.1, 0.15) is 4.21 Å². The van der Waals surface area contributed by atoms with Crippen LogP contribution in [0.4, 0.5) is 0 Å². The fourth-order valence-electron chi connectivity index (χ4n) is 1.68. The molecule has 0 aliphatic heterocycles. The summed E-state index contributed by atoms with van der Waals surface area (Å²) in [4.78, 5) is 0. The van der Waals surface area contributed by atoms with Crippen LogP contribution in [0.25, 0.3) is 0 Å². The first kappa shape index (κ1) is 18.0. The molecule has 0 unspecified atom stereocenters. The first-order valence-electron chi connectivity index (χ1n) is 6.52. The highest BCUT2D eigenvalue weighted by Gasteiger charge is 2.18. The number of nitrogens with one attached hydrogen (secondary N) is 1. The van der Waals surface area contributed by atoms with Gasteiger partial charge in [-0.25, -0.2) is 13.1 Å². The third-order valence-electron chi connectivity index (χ3n) is 2.85. The molecule has 1 aromatic carbocycles. The van der Waals surface area contributed by atoms with Gasteiger partial charge < -0.3 is 5.11 Å². The van der Waals surface area contributed by atoms with E-state index in [0.717, 1.165) is 26.4 Å². The molecule has 4 nitrogen and oxygen atoms in total. The SMILES string of the molecule is O=S(=O)(NC[C@H](CO)SCc1ccccc1)c1ccc(Br)s1. The van der Waals surface area contributed by atoms with Crippen LogP contribution >= 0.6 is 39.0 Å². The molecule has 1 heterocycles. The van der Waals surface area contributed by atoms with Crippen molar-refractivity contribution >= 4 is 49.1 Å². The monoisotopic (exact) mass is 421 g/mol. The van der Waals surface area contributed by atoms with Crippen LogP contribution in [0.5, 0.6) is 0 Å². The number of aliphatic hydroxyl groups excluding tert-OH is 1. The number of benzene rings is 1. The maximum absolute atomic E-state index is 12.1. The predicted molar refractivity (Wildman–Crippen MR) is 95.8 cm³/mol. The molecule has 1 aromatic heterocycles. The summed E-state index contributed by atoms with van der Waals surface area (Å²) in [5, 5.41) is 9.23.